The Morgan fingerprint density at radius 3 is 2.71 bits per heavy atom. The van der Waals surface area contributed by atoms with E-state index in [0.717, 1.165) is 32.3 Å². The number of benzene rings is 2. The van der Waals surface area contributed by atoms with Gasteiger partial charge in [0, 0.05) is 18.6 Å². The maximum Gasteiger partial charge on any atom is 0.149 e. The topological polar surface area (TPSA) is 55.7 Å². The minimum absolute atomic E-state index is 0.508. The average Bonchev–Trinajstić information content (AvgIpc) is 2.95. The summed E-state index contributed by atoms with van der Waals surface area (Å²) in [6.07, 6.45) is 1.84. The number of nitrogens with zero attached hydrogens (tertiary/aromatic N) is 3. The molecular weight excluding hydrogens is 364 g/mol. The number of imidazole rings is 1. The molecule has 0 amide bonds. The summed E-state index contributed by atoms with van der Waals surface area (Å²) in [7, 11) is 3.99. The highest BCUT2D eigenvalue weighted by atomic mass is 79.9. The number of aromatic nitrogens is 2. The number of hydrogen-bond acceptors (Lipinski definition) is 3. The van der Waals surface area contributed by atoms with Crippen LogP contribution in [0.5, 0.6) is 0 Å². The molecule has 3 aromatic rings. The lowest BCUT2D eigenvalue weighted by atomic mass is 10.1. The average molecular weight is 381 g/mol. The molecule has 0 saturated heterocycles. The summed E-state index contributed by atoms with van der Waals surface area (Å²) in [4.78, 5) is 9.79. The predicted octanol–water partition coefficient (Wildman–Crippen LogP) is 4.76. The summed E-state index contributed by atoms with van der Waals surface area (Å²) >= 11 is 3.57. The van der Waals surface area contributed by atoms with Crippen molar-refractivity contribution < 1.29 is 0 Å². The maximum absolute atomic E-state index is 9.53. The Hall–Kier alpha value is -2.58. The van der Waals surface area contributed by atoms with Gasteiger partial charge in [0.05, 0.1) is 22.3 Å². The Bertz CT molecular complexity index is 977. The molecule has 1 heterocycles. The third kappa shape index (κ3) is 3.19. The second-order valence-electron chi connectivity index (χ2n) is 5.88. The zero-order chi connectivity index (χ0) is 17.3. The standard InChI is InChI=1S/C19H17BrN4/c1-12-4-6-16-17(8-12)23-19(22-16)14(11-21)9-13-5-7-18(24(2)3)15(20)10-13/h4-10H,1-3H3,(H,22,23)/b14-9-. The molecule has 0 aliphatic heterocycles. The van der Waals surface area contributed by atoms with Gasteiger partial charge in [0.15, 0.2) is 0 Å². The molecule has 24 heavy (non-hydrogen) atoms. The molecule has 0 radical (unpaired) electrons. The monoisotopic (exact) mass is 380 g/mol. The molecule has 0 saturated carbocycles. The number of fused-ring (bicyclic) bond motifs is 1. The lowest BCUT2D eigenvalue weighted by Gasteiger charge is -2.14. The van der Waals surface area contributed by atoms with Crippen LogP contribution in [-0.4, -0.2) is 24.1 Å². The summed E-state index contributed by atoms with van der Waals surface area (Å²) < 4.78 is 0.985. The van der Waals surface area contributed by atoms with E-state index in [1.165, 1.54) is 0 Å². The normalized spacial score (nSPS) is 11.5. The molecule has 2 aromatic carbocycles. The molecule has 3 rings (SSSR count). The number of rotatable bonds is 3. The van der Waals surface area contributed by atoms with E-state index in [0.29, 0.717) is 11.4 Å². The molecule has 0 unspecified atom stereocenters. The number of anilines is 1. The fourth-order valence-electron chi connectivity index (χ4n) is 2.55. The van der Waals surface area contributed by atoms with Crippen LogP contribution in [0, 0.1) is 18.3 Å². The summed E-state index contributed by atoms with van der Waals surface area (Å²) in [6, 6.07) is 14.3. The van der Waals surface area contributed by atoms with Crippen molar-refractivity contribution in [1.29, 1.82) is 5.26 Å². The van der Waals surface area contributed by atoms with Gasteiger partial charge < -0.3 is 9.88 Å². The molecule has 0 bridgehead atoms. The van der Waals surface area contributed by atoms with Crippen LogP contribution >= 0.6 is 15.9 Å². The molecule has 0 spiro atoms. The summed E-state index contributed by atoms with van der Waals surface area (Å²) in [5.74, 6) is 0.589. The fourth-order valence-corrected chi connectivity index (χ4v) is 3.30. The van der Waals surface area contributed by atoms with Crippen LogP contribution in [0.1, 0.15) is 17.0 Å². The van der Waals surface area contributed by atoms with E-state index in [1.54, 1.807) is 0 Å². The minimum atomic E-state index is 0.508. The minimum Gasteiger partial charge on any atom is -0.377 e. The highest BCUT2D eigenvalue weighted by Gasteiger charge is 2.09. The van der Waals surface area contributed by atoms with E-state index in [4.69, 9.17) is 0 Å². The van der Waals surface area contributed by atoms with Crippen LogP contribution in [0.4, 0.5) is 5.69 Å². The van der Waals surface area contributed by atoms with Gasteiger partial charge in [0.25, 0.3) is 0 Å². The second-order valence-corrected chi connectivity index (χ2v) is 6.74. The first-order chi connectivity index (χ1) is 11.5. The van der Waals surface area contributed by atoms with Crippen molar-refractivity contribution in [2.24, 2.45) is 0 Å². The Morgan fingerprint density at radius 1 is 1.25 bits per heavy atom. The van der Waals surface area contributed by atoms with E-state index in [9.17, 15) is 5.26 Å². The van der Waals surface area contributed by atoms with Gasteiger partial charge in [-0.25, -0.2) is 4.98 Å². The lowest BCUT2D eigenvalue weighted by Crippen LogP contribution is -2.09. The molecule has 0 fully saturated rings. The zero-order valence-corrected chi connectivity index (χ0v) is 15.3. The molecule has 120 valence electrons. The van der Waals surface area contributed by atoms with E-state index >= 15 is 0 Å². The van der Waals surface area contributed by atoms with E-state index in [2.05, 4.69) is 32.0 Å². The summed E-state index contributed by atoms with van der Waals surface area (Å²) in [5, 5.41) is 9.53. The van der Waals surface area contributed by atoms with Crippen LogP contribution in [-0.2, 0) is 0 Å². The Labute approximate surface area is 149 Å². The van der Waals surface area contributed by atoms with Crippen molar-refractivity contribution in [1.82, 2.24) is 9.97 Å². The summed E-state index contributed by atoms with van der Waals surface area (Å²) in [6.45, 7) is 2.03. The van der Waals surface area contributed by atoms with Crippen molar-refractivity contribution in [3.8, 4) is 6.07 Å². The number of aryl methyl sites for hydroxylation is 1. The van der Waals surface area contributed by atoms with Gasteiger partial charge in [-0.05, 0) is 64.3 Å². The highest BCUT2D eigenvalue weighted by molar-refractivity contribution is 9.10. The molecular formula is C19H17BrN4. The zero-order valence-electron chi connectivity index (χ0n) is 13.8. The first kappa shape index (κ1) is 16.3. The van der Waals surface area contributed by atoms with Crippen molar-refractivity contribution >= 4 is 44.3 Å². The van der Waals surface area contributed by atoms with Crippen LogP contribution < -0.4 is 4.90 Å². The van der Waals surface area contributed by atoms with Gasteiger partial charge in [-0.2, -0.15) is 5.26 Å². The maximum atomic E-state index is 9.53. The number of allylic oxidation sites excluding steroid dienone is 1. The third-order valence-electron chi connectivity index (χ3n) is 3.78. The second kappa shape index (κ2) is 6.50. The summed E-state index contributed by atoms with van der Waals surface area (Å²) in [5.41, 5.74) is 5.50. The quantitative estimate of drug-likeness (QED) is 0.666. The number of nitriles is 1. The third-order valence-corrected chi connectivity index (χ3v) is 4.41. The first-order valence-corrected chi connectivity index (χ1v) is 8.32. The number of hydrogen-bond donors (Lipinski definition) is 1. The van der Waals surface area contributed by atoms with E-state index in [-0.39, 0.29) is 0 Å². The Morgan fingerprint density at radius 2 is 2.04 bits per heavy atom. The van der Waals surface area contributed by atoms with Gasteiger partial charge in [0.1, 0.15) is 11.9 Å². The SMILES string of the molecule is Cc1ccc2nc(/C(C#N)=C\c3ccc(N(C)C)c(Br)c3)[nH]c2c1. The molecule has 0 aliphatic carbocycles. The number of H-pyrrole nitrogens is 1. The van der Waals surface area contributed by atoms with Crippen molar-refractivity contribution in [2.75, 3.05) is 19.0 Å². The molecule has 4 nitrogen and oxygen atoms in total. The van der Waals surface area contributed by atoms with Gasteiger partial charge >= 0.3 is 0 Å². The van der Waals surface area contributed by atoms with E-state index in [1.807, 2.05) is 68.4 Å². The van der Waals surface area contributed by atoms with Crippen molar-refractivity contribution in [3.63, 3.8) is 0 Å². The number of nitrogens with one attached hydrogen (secondary N) is 1. The van der Waals surface area contributed by atoms with Gasteiger partial charge in [-0.15, -0.1) is 0 Å². The van der Waals surface area contributed by atoms with Crippen molar-refractivity contribution in [2.45, 2.75) is 6.92 Å². The molecule has 5 heteroatoms. The van der Waals surface area contributed by atoms with E-state index < -0.39 is 0 Å². The van der Waals surface area contributed by atoms with Crippen LogP contribution in [0.2, 0.25) is 0 Å². The van der Waals surface area contributed by atoms with Crippen LogP contribution in [0.3, 0.4) is 0 Å². The largest absolute Gasteiger partial charge is 0.377 e. The molecule has 0 atom stereocenters. The van der Waals surface area contributed by atoms with Gasteiger partial charge in [-0.1, -0.05) is 12.1 Å². The molecule has 1 N–H and O–H groups in total. The molecule has 1 aromatic heterocycles. The van der Waals surface area contributed by atoms with Crippen LogP contribution in [0.25, 0.3) is 22.7 Å². The lowest BCUT2D eigenvalue weighted by molar-refractivity contribution is 1.12. The predicted molar refractivity (Wildman–Crippen MR) is 103 cm³/mol. The highest BCUT2D eigenvalue weighted by Crippen LogP contribution is 2.27. The van der Waals surface area contributed by atoms with Gasteiger partial charge in [0.2, 0.25) is 0 Å². The first-order valence-electron chi connectivity index (χ1n) is 7.53. The Kier molecular flexibility index (Phi) is 4.41. The number of aromatic amines is 1. The Balaban J connectivity index is 2.02. The fraction of sp³-hybridized carbons (Fsp3) is 0.158. The molecule has 0 aliphatic rings. The smallest absolute Gasteiger partial charge is 0.149 e. The van der Waals surface area contributed by atoms with Crippen molar-refractivity contribution in [3.05, 3.63) is 57.8 Å². The van der Waals surface area contributed by atoms with Crippen LogP contribution in [0.15, 0.2) is 40.9 Å². The number of halogens is 1. The van der Waals surface area contributed by atoms with Gasteiger partial charge in [-0.3, -0.25) is 0 Å².